The first-order valence-electron chi connectivity index (χ1n) is 9.18. The minimum absolute atomic E-state index is 0. The Morgan fingerprint density at radius 3 is 2.75 bits per heavy atom. The summed E-state index contributed by atoms with van der Waals surface area (Å²) in [6.45, 7) is 2.65. The Bertz CT molecular complexity index is 800. The number of guanidine groups is 1. The van der Waals surface area contributed by atoms with Crippen LogP contribution in [0.1, 0.15) is 22.3 Å². The van der Waals surface area contributed by atoms with E-state index >= 15 is 0 Å². The first-order valence-corrected chi connectivity index (χ1v) is 10.2. The Labute approximate surface area is 188 Å². The van der Waals surface area contributed by atoms with Gasteiger partial charge in [0.05, 0.1) is 0 Å². The fourth-order valence-corrected chi connectivity index (χ4v) is 4.29. The van der Waals surface area contributed by atoms with Crippen molar-refractivity contribution >= 4 is 47.6 Å². The molecule has 0 bridgehead atoms. The van der Waals surface area contributed by atoms with Crippen molar-refractivity contribution in [2.75, 3.05) is 25.9 Å². The Hall–Kier alpha value is -1.74. The van der Waals surface area contributed by atoms with Crippen molar-refractivity contribution in [3.8, 4) is 0 Å². The summed E-state index contributed by atoms with van der Waals surface area (Å²) < 4.78 is 0. The van der Waals surface area contributed by atoms with E-state index in [1.54, 1.807) is 6.07 Å². The molecule has 3 rings (SSSR count). The van der Waals surface area contributed by atoms with Crippen LogP contribution in [0.5, 0.6) is 0 Å². The smallest absolute Gasteiger partial charge is 0.248 e. The third kappa shape index (κ3) is 6.41. The Kier molecular flexibility index (Phi) is 9.11. The van der Waals surface area contributed by atoms with Crippen molar-refractivity contribution in [2.45, 2.75) is 17.9 Å². The molecule has 1 unspecified atom stereocenters. The van der Waals surface area contributed by atoms with Crippen molar-refractivity contribution in [1.29, 1.82) is 0 Å². The van der Waals surface area contributed by atoms with Gasteiger partial charge in [-0.2, -0.15) is 0 Å². The van der Waals surface area contributed by atoms with E-state index < -0.39 is 5.91 Å². The van der Waals surface area contributed by atoms with Crippen LogP contribution in [0.15, 0.2) is 64.5 Å². The van der Waals surface area contributed by atoms with Crippen molar-refractivity contribution in [1.82, 2.24) is 10.2 Å². The zero-order valence-corrected chi connectivity index (χ0v) is 19.2. The van der Waals surface area contributed by atoms with Gasteiger partial charge in [0, 0.05) is 42.9 Å². The first-order chi connectivity index (χ1) is 13.2. The average molecular weight is 510 g/mol. The maximum atomic E-state index is 11.3. The third-order valence-corrected chi connectivity index (χ3v) is 5.93. The summed E-state index contributed by atoms with van der Waals surface area (Å²) >= 11 is 1.92. The molecular formula is C21H27IN4OS. The van der Waals surface area contributed by atoms with E-state index in [0.717, 1.165) is 30.4 Å². The number of thioether (sulfide) groups is 1. The van der Waals surface area contributed by atoms with Crippen LogP contribution in [0, 0.1) is 5.92 Å². The highest BCUT2D eigenvalue weighted by molar-refractivity contribution is 14.0. The number of hydrogen-bond acceptors (Lipinski definition) is 3. The van der Waals surface area contributed by atoms with Gasteiger partial charge in [-0.3, -0.25) is 9.79 Å². The fourth-order valence-electron chi connectivity index (χ4n) is 3.24. The lowest BCUT2D eigenvalue weighted by Gasteiger charge is -2.22. The van der Waals surface area contributed by atoms with Crippen LogP contribution >= 0.6 is 35.7 Å². The predicted octanol–water partition coefficient (Wildman–Crippen LogP) is 3.59. The molecule has 1 fully saturated rings. The number of halogens is 1. The minimum atomic E-state index is -0.403. The predicted molar refractivity (Wildman–Crippen MR) is 127 cm³/mol. The highest BCUT2D eigenvalue weighted by atomic mass is 127. The lowest BCUT2D eigenvalue weighted by Crippen LogP contribution is -2.39. The van der Waals surface area contributed by atoms with Crippen LogP contribution in [0.2, 0.25) is 0 Å². The van der Waals surface area contributed by atoms with E-state index in [4.69, 9.17) is 5.73 Å². The Morgan fingerprint density at radius 1 is 1.25 bits per heavy atom. The van der Waals surface area contributed by atoms with Gasteiger partial charge in [-0.05, 0) is 42.2 Å². The average Bonchev–Trinajstić information content (AvgIpc) is 3.17. The molecule has 7 heteroatoms. The molecule has 1 saturated heterocycles. The Morgan fingerprint density at radius 2 is 2.04 bits per heavy atom. The van der Waals surface area contributed by atoms with E-state index in [2.05, 4.69) is 45.5 Å². The van der Waals surface area contributed by atoms with Crippen LogP contribution in [-0.4, -0.2) is 42.7 Å². The standard InChI is InChI=1S/C21H26N4OS.HI/c1-23-21(24-13-16-6-5-7-18(12-16)20(22)26)25-11-10-17(14-25)15-27-19-8-3-2-4-9-19;/h2-9,12,17H,10-11,13-15H2,1H3,(H2,22,26)(H,23,24);1H. The number of primary amides is 1. The summed E-state index contributed by atoms with van der Waals surface area (Å²) in [6.07, 6.45) is 1.18. The molecule has 0 aromatic heterocycles. The number of amides is 1. The molecule has 1 aliphatic rings. The number of rotatable bonds is 6. The van der Waals surface area contributed by atoms with Gasteiger partial charge in [0.1, 0.15) is 0 Å². The van der Waals surface area contributed by atoms with Crippen molar-refractivity contribution < 1.29 is 4.79 Å². The van der Waals surface area contributed by atoms with Crippen molar-refractivity contribution in [3.05, 3.63) is 65.7 Å². The largest absolute Gasteiger partial charge is 0.366 e. The number of hydrogen-bond donors (Lipinski definition) is 2. The highest BCUT2D eigenvalue weighted by Gasteiger charge is 2.24. The molecule has 2 aromatic carbocycles. The van der Waals surface area contributed by atoms with Gasteiger partial charge in [0.2, 0.25) is 5.91 Å². The molecule has 0 radical (unpaired) electrons. The molecular weight excluding hydrogens is 483 g/mol. The topological polar surface area (TPSA) is 70.7 Å². The van der Waals surface area contributed by atoms with Crippen LogP contribution in [-0.2, 0) is 6.54 Å². The van der Waals surface area contributed by atoms with Gasteiger partial charge in [-0.1, -0.05) is 30.3 Å². The van der Waals surface area contributed by atoms with Crippen molar-refractivity contribution in [3.63, 3.8) is 0 Å². The monoisotopic (exact) mass is 510 g/mol. The van der Waals surface area contributed by atoms with Crippen LogP contribution in [0.25, 0.3) is 0 Å². The fraction of sp³-hybridized carbons (Fsp3) is 0.333. The molecule has 0 spiro atoms. The lowest BCUT2D eigenvalue weighted by atomic mass is 10.1. The Balaban J connectivity index is 0.00000280. The molecule has 150 valence electrons. The molecule has 28 heavy (non-hydrogen) atoms. The molecule has 5 nitrogen and oxygen atoms in total. The van der Waals surface area contributed by atoms with Gasteiger partial charge in [-0.25, -0.2) is 0 Å². The number of nitrogens with two attached hydrogens (primary N) is 1. The van der Waals surface area contributed by atoms with Gasteiger partial charge in [-0.15, -0.1) is 35.7 Å². The van der Waals surface area contributed by atoms with Gasteiger partial charge in [0.25, 0.3) is 0 Å². The lowest BCUT2D eigenvalue weighted by molar-refractivity contribution is 0.1000. The number of nitrogens with one attached hydrogen (secondary N) is 1. The molecule has 1 aliphatic heterocycles. The number of nitrogens with zero attached hydrogens (tertiary/aromatic N) is 2. The van der Waals surface area contributed by atoms with Crippen LogP contribution in [0.3, 0.4) is 0 Å². The van der Waals surface area contributed by atoms with E-state index in [-0.39, 0.29) is 24.0 Å². The second kappa shape index (κ2) is 11.3. The quantitative estimate of drug-likeness (QED) is 0.270. The number of aliphatic imine (C=N–C) groups is 1. The van der Waals surface area contributed by atoms with Gasteiger partial charge < -0.3 is 16.0 Å². The van der Waals surface area contributed by atoms with Gasteiger partial charge >= 0.3 is 0 Å². The zero-order chi connectivity index (χ0) is 19.1. The number of carbonyl (C=O) groups is 1. The maximum Gasteiger partial charge on any atom is 0.248 e. The number of carbonyl (C=O) groups excluding carboxylic acids is 1. The first kappa shape index (κ1) is 22.5. The summed E-state index contributed by atoms with van der Waals surface area (Å²) in [7, 11) is 1.81. The third-order valence-electron chi connectivity index (χ3n) is 4.69. The maximum absolute atomic E-state index is 11.3. The molecule has 2 aromatic rings. The van der Waals surface area contributed by atoms with Crippen LogP contribution < -0.4 is 11.1 Å². The van der Waals surface area contributed by atoms with Crippen LogP contribution in [0.4, 0.5) is 0 Å². The summed E-state index contributed by atoms with van der Waals surface area (Å²) in [5.74, 6) is 2.29. The van der Waals surface area contributed by atoms with E-state index in [1.807, 2.05) is 37.0 Å². The highest BCUT2D eigenvalue weighted by Crippen LogP contribution is 2.25. The van der Waals surface area contributed by atoms with E-state index in [9.17, 15) is 4.79 Å². The second-order valence-corrected chi connectivity index (χ2v) is 7.78. The minimum Gasteiger partial charge on any atom is -0.366 e. The number of likely N-dealkylation sites (tertiary alicyclic amines) is 1. The molecule has 0 aliphatic carbocycles. The summed E-state index contributed by atoms with van der Waals surface area (Å²) in [5, 5.41) is 3.41. The molecule has 1 amide bonds. The SMILES string of the molecule is CN=C(NCc1cccc(C(N)=O)c1)N1CCC(CSc2ccccc2)C1.I. The summed E-state index contributed by atoms with van der Waals surface area (Å²) in [6, 6.07) is 17.9. The number of benzene rings is 2. The summed E-state index contributed by atoms with van der Waals surface area (Å²) in [4.78, 5) is 19.4. The molecule has 1 heterocycles. The van der Waals surface area contributed by atoms with E-state index in [1.165, 1.54) is 11.3 Å². The van der Waals surface area contributed by atoms with Crippen molar-refractivity contribution in [2.24, 2.45) is 16.6 Å². The summed E-state index contributed by atoms with van der Waals surface area (Å²) in [5.41, 5.74) is 6.90. The molecule has 1 atom stereocenters. The zero-order valence-electron chi connectivity index (χ0n) is 16.0. The normalized spacial score (nSPS) is 16.5. The molecule has 0 saturated carbocycles. The molecule has 3 N–H and O–H groups in total. The van der Waals surface area contributed by atoms with Gasteiger partial charge in [0.15, 0.2) is 5.96 Å². The van der Waals surface area contributed by atoms with E-state index in [0.29, 0.717) is 18.0 Å². The second-order valence-electron chi connectivity index (χ2n) is 6.69.